The molecule has 0 radical (unpaired) electrons. The highest BCUT2D eigenvalue weighted by atomic mass is 32.4. The Kier molecular flexibility index (Phi) is 5.21. The van der Waals surface area contributed by atoms with Gasteiger partial charge in [0.1, 0.15) is 0 Å². The topological polar surface area (TPSA) is 6.48 Å². The van der Waals surface area contributed by atoms with E-state index in [1.807, 2.05) is 0 Å². The largest absolute Gasteiger partial charge is 0.369 e. The molecule has 4 heteroatoms. The third-order valence-electron chi connectivity index (χ3n) is 4.99. The second-order valence-corrected chi connectivity index (χ2v) is 10.9. The smallest absolute Gasteiger partial charge is 0.0711 e. The summed E-state index contributed by atoms with van der Waals surface area (Å²) < 4.78 is 2.56. The summed E-state index contributed by atoms with van der Waals surface area (Å²) >= 11 is 6.43. The molecule has 2 nitrogen and oxygen atoms in total. The third kappa shape index (κ3) is 3.35. The van der Waals surface area contributed by atoms with E-state index in [0.29, 0.717) is 0 Å². The van der Waals surface area contributed by atoms with Crippen LogP contribution in [0.2, 0.25) is 0 Å². The standard InChI is InChI=1S/C22H23N2PS/c26-25(21-12-6-2-7-13-21,22-14-8-3-9-15-22)24-18-16-23(17-19-24)20-10-4-1-5-11-20/h1-15H,16-19H2. The minimum absolute atomic E-state index is 0.996. The molecule has 0 aromatic heterocycles. The maximum atomic E-state index is 6.43. The Morgan fingerprint density at radius 3 is 1.46 bits per heavy atom. The molecule has 132 valence electrons. The van der Waals surface area contributed by atoms with Crippen molar-refractivity contribution in [2.24, 2.45) is 0 Å². The van der Waals surface area contributed by atoms with Crippen LogP contribution >= 0.6 is 6.19 Å². The van der Waals surface area contributed by atoms with Crippen LogP contribution in [0.4, 0.5) is 5.69 Å². The first-order valence-corrected chi connectivity index (χ1v) is 11.8. The van der Waals surface area contributed by atoms with Gasteiger partial charge in [0.05, 0.1) is 6.19 Å². The maximum absolute atomic E-state index is 6.43. The maximum Gasteiger partial charge on any atom is 0.0711 e. The number of hydrogen-bond acceptors (Lipinski definition) is 2. The average Bonchev–Trinajstić information content (AvgIpc) is 2.75. The second-order valence-electron chi connectivity index (χ2n) is 6.52. The second kappa shape index (κ2) is 7.75. The van der Waals surface area contributed by atoms with Crippen LogP contribution in [-0.4, -0.2) is 30.8 Å². The molecule has 1 heterocycles. The van der Waals surface area contributed by atoms with Gasteiger partial charge in [0.15, 0.2) is 0 Å². The summed E-state index contributed by atoms with van der Waals surface area (Å²) in [5.41, 5.74) is 1.31. The van der Waals surface area contributed by atoms with Gasteiger partial charge in [-0.2, -0.15) is 0 Å². The molecular weight excluding hydrogens is 355 g/mol. The van der Waals surface area contributed by atoms with E-state index in [1.165, 1.54) is 16.3 Å². The molecule has 1 aliphatic rings. The van der Waals surface area contributed by atoms with Crippen LogP contribution in [0.1, 0.15) is 0 Å². The van der Waals surface area contributed by atoms with E-state index in [4.69, 9.17) is 11.8 Å². The monoisotopic (exact) mass is 378 g/mol. The first kappa shape index (κ1) is 17.5. The summed E-state index contributed by atoms with van der Waals surface area (Å²) in [6.07, 6.45) is -1.98. The zero-order valence-corrected chi connectivity index (χ0v) is 16.4. The fourth-order valence-corrected chi connectivity index (χ4v) is 7.68. The number of rotatable bonds is 4. The first-order chi connectivity index (χ1) is 12.8. The van der Waals surface area contributed by atoms with Crippen LogP contribution < -0.4 is 15.5 Å². The number of benzene rings is 3. The fraction of sp³-hybridized carbons (Fsp3) is 0.182. The minimum Gasteiger partial charge on any atom is -0.369 e. The molecule has 0 N–H and O–H groups in total. The van der Waals surface area contributed by atoms with Crippen molar-refractivity contribution in [3.63, 3.8) is 0 Å². The molecular formula is C22H23N2PS. The number of anilines is 1. The third-order valence-corrected chi connectivity index (χ3v) is 10.1. The molecule has 3 aromatic carbocycles. The Bertz CT molecular complexity index is 832. The summed E-state index contributed by atoms with van der Waals surface area (Å²) in [4.78, 5) is 2.46. The predicted molar refractivity (Wildman–Crippen MR) is 117 cm³/mol. The SMILES string of the molecule is S=P(c1ccccc1)(c1ccccc1)N1CCN(c2ccccc2)CC1. The van der Waals surface area contributed by atoms with Crippen molar-refractivity contribution in [1.82, 2.24) is 4.67 Å². The van der Waals surface area contributed by atoms with Gasteiger partial charge in [-0.3, -0.25) is 4.67 Å². The Morgan fingerprint density at radius 2 is 1.00 bits per heavy atom. The summed E-state index contributed by atoms with van der Waals surface area (Å²) in [6, 6.07) is 32.1. The summed E-state index contributed by atoms with van der Waals surface area (Å²) in [5.74, 6) is 0. The van der Waals surface area contributed by atoms with Gasteiger partial charge in [-0.25, -0.2) is 0 Å². The summed E-state index contributed by atoms with van der Waals surface area (Å²) in [6.45, 7) is 4.02. The lowest BCUT2D eigenvalue weighted by atomic mass is 10.2. The van der Waals surface area contributed by atoms with E-state index >= 15 is 0 Å². The summed E-state index contributed by atoms with van der Waals surface area (Å²) in [7, 11) is 0. The van der Waals surface area contributed by atoms with Gasteiger partial charge in [0.25, 0.3) is 0 Å². The molecule has 3 aromatic rings. The molecule has 1 saturated heterocycles. The Morgan fingerprint density at radius 1 is 0.577 bits per heavy atom. The van der Waals surface area contributed by atoms with Crippen molar-refractivity contribution >= 4 is 34.3 Å². The van der Waals surface area contributed by atoms with Gasteiger partial charge in [-0.15, -0.1) is 0 Å². The number of nitrogens with zero attached hydrogens (tertiary/aromatic N) is 2. The highest BCUT2D eigenvalue weighted by Gasteiger charge is 2.32. The van der Waals surface area contributed by atoms with Crippen LogP contribution in [0.3, 0.4) is 0 Å². The van der Waals surface area contributed by atoms with Gasteiger partial charge in [-0.1, -0.05) is 90.7 Å². The normalized spacial score (nSPS) is 15.8. The number of piperazine rings is 1. The van der Waals surface area contributed by atoms with E-state index < -0.39 is 6.19 Å². The van der Waals surface area contributed by atoms with Crippen molar-refractivity contribution in [2.45, 2.75) is 0 Å². The molecule has 0 bridgehead atoms. The zero-order chi connectivity index (χ0) is 17.8. The molecule has 0 amide bonds. The highest BCUT2D eigenvalue weighted by Crippen LogP contribution is 2.48. The van der Waals surface area contributed by atoms with E-state index in [1.54, 1.807) is 0 Å². The lowest BCUT2D eigenvalue weighted by molar-refractivity contribution is 0.421. The zero-order valence-electron chi connectivity index (χ0n) is 14.7. The van der Waals surface area contributed by atoms with E-state index in [-0.39, 0.29) is 0 Å². The van der Waals surface area contributed by atoms with Crippen LogP contribution in [0.5, 0.6) is 0 Å². The van der Waals surface area contributed by atoms with Crippen molar-refractivity contribution in [3.05, 3.63) is 91.0 Å². The van der Waals surface area contributed by atoms with Crippen molar-refractivity contribution in [3.8, 4) is 0 Å². The van der Waals surface area contributed by atoms with Gasteiger partial charge >= 0.3 is 0 Å². The fourth-order valence-electron chi connectivity index (χ4n) is 3.61. The van der Waals surface area contributed by atoms with Crippen molar-refractivity contribution in [1.29, 1.82) is 0 Å². The van der Waals surface area contributed by atoms with Gasteiger partial charge < -0.3 is 4.90 Å². The lowest BCUT2D eigenvalue weighted by Crippen LogP contribution is -2.47. The van der Waals surface area contributed by atoms with Crippen LogP contribution in [-0.2, 0) is 11.8 Å². The van der Waals surface area contributed by atoms with Gasteiger partial charge in [-0.05, 0) is 12.1 Å². The average molecular weight is 378 g/mol. The Balaban J connectivity index is 1.64. The van der Waals surface area contributed by atoms with Crippen molar-refractivity contribution < 1.29 is 0 Å². The predicted octanol–water partition coefficient (Wildman–Crippen LogP) is 3.85. The summed E-state index contributed by atoms with van der Waals surface area (Å²) in [5, 5.41) is 2.57. The van der Waals surface area contributed by atoms with Crippen molar-refractivity contribution in [2.75, 3.05) is 31.1 Å². The molecule has 1 aliphatic heterocycles. The lowest BCUT2D eigenvalue weighted by Gasteiger charge is -2.42. The molecule has 0 spiro atoms. The van der Waals surface area contributed by atoms with E-state index in [0.717, 1.165) is 26.2 Å². The molecule has 26 heavy (non-hydrogen) atoms. The van der Waals surface area contributed by atoms with Crippen LogP contribution in [0.25, 0.3) is 0 Å². The Labute approximate surface area is 161 Å². The first-order valence-electron chi connectivity index (χ1n) is 9.05. The Hall–Kier alpha value is -1.93. The molecule has 0 atom stereocenters. The minimum atomic E-state index is -1.98. The van der Waals surface area contributed by atoms with Gasteiger partial charge in [0.2, 0.25) is 0 Å². The van der Waals surface area contributed by atoms with E-state index in [9.17, 15) is 0 Å². The number of hydrogen-bond donors (Lipinski definition) is 0. The molecule has 0 unspecified atom stereocenters. The molecule has 0 saturated carbocycles. The number of para-hydroxylation sites is 1. The van der Waals surface area contributed by atoms with E-state index in [2.05, 4.69) is 101 Å². The van der Waals surface area contributed by atoms with Gasteiger partial charge in [0, 0.05) is 42.5 Å². The molecule has 0 aliphatic carbocycles. The highest BCUT2D eigenvalue weighted by molar-refractivity contribution is 8.20. The van der Waals surface area contributed by atoms with Crippen LogP contribution in [0, 0.1) is 0 Å². The molecule has 1 fully saturated rings. The molecule has 4 rings (SSSR count). The van der Waals surface area contributed by atoms with Crippen LogP contribution in [0.15, 0.2) is 91.0 Å². The quantitative estimate of drug-likeness (QED) is 0.637.